The van der Waals surface area contributed by atoms with Crippen molar-refractivity contribution >= 4 is 17.2 Å². The van der Waals surface area contributed by atoms with Crippen LogP contribution in [0.15, 0.2) is 41.8 Å². The van der Waals surface area contributed by atoms with E-state index in [9.17, 15) is 4.79 Å². The molecule has 3 rings (SSSR count). The van der Waals surface area contributed by atoms with E-state index in [2.05, 4.69) is 27.7 Å². The van der Waals surface area contributed by atoms with E-state index < -0.39 is 0 Å². The highest BCUT2D eigenvalue weighted by Crippen LogP contribution is 2.25. The van der Waals surface area contributed by atoms with Gasteiger partial charge in [0.15, 0.2) is 0 Å². The standard InChI is InChI=1S/C19H24N2O3S/c1-23-16-5-2-4-15(12-16)13-19(22)20-14-17(18-6-3-11-25-18)21-7-9-24-10-8-21/h2-6,11-12,17H,7-10,13-14H2,1H3,(H,20,22). The number of ether oxygens (including phenoxy) is 2. The lowest BCUT2D eigenvalue weighted by molar-refractivity contribution is -0.120. The molecule has 1 saturated heterocycles. The zero-order valence-electron chi connectivity index (χ0n) is 14.4. The second-order valence-electron chi connectivity index (χ2n) is 6.01. The van der Waals surface area contributed by atoms with Gasteiger partial charge in [0.05, 0.1) is 32.8 Å². The fourth-order valence-electron chi connectivity index (χ4n) is 3.02. The number of amides is 1. The van der Waals surface area contributed by atoms with Gasteiger partial charge in [-0.05, 0) is 29.1 Å². The van der Waals surface area contributed by atoms with Gasteiger partial charge in [-0.25, -0.2) is 0 Å². The molecule has 1 aromatic heterocycles. The number of nitrogens with one attached hydrogen (secondary N) is 1. The molecule has 0 radical (unpaired) electrons. The van der Waals surface area contributed by atoms with Gasteiger partial charge in [-0.2, -0.15) is 0 Å². The minimum atomic E-state index is 0.0306. The van der Waals surface area contributed by atoms with Crippen LogP contribution < -0.4 is 10.1 Å². The second kappa shape index (κ2) is 8.99. The van der Waals surface area contributed by atoms with Crippen molar-refractivity contribution in [2.24, 2.45) is 0 Å². The third-order valence-electron chi connectivity index (χ3n) is 4.35. The van der Waals surface area contributed by atoms with Crippen molar-refractivity contribution in [3.05, 3.63) is 52.2 Å². The molecule has 1 aliphatic rings. The van der Waals surface area contributed by atoms with Gasteiger partial charge in [0, 0.05) is 24.5 Å². The fraction of sp³-hybridized carbons (Fsp3) is 0.421. The zero-order chi connectivity index (χ0) is 17.5. The molecule has 25 heavy (non-hydrogen) atoms. The van der Waals surface area contributed by atoms with Crippen LogP contribution in [0.25, 0.3) is 0 Å². The van der Waals surface area contributed by atoms with Crippen LogP contribution in [0.4, 0.5) is 0 Å². The summed E-state index contributed by atoms with van der Waals surface area (Å²) >= 11 is 1.73. The number of methoxy groups -OCH3 is 1. The molecule has 1 atom stereocenters. The molecule has 0 bridgehead atoms. The zero-order valence-corrected chi connectivity index (χ0v) is 15.3. The average Bonchev–Trinajstić information content (AvgIpc) is 3.17. The summed E-state index contributed by atoms with van der Waals surface area (Å²) in [7, 11) is 1.63. The molecule has 6 heteroatoms. The number of hydrogen-bond donors (Lipinski definition) is 1. The van der Waals surface area contributed by atoms with E-state index in [4.69, 9.17) is 9.47 Å². The largest absolute Gasteiger partial charge is 0.497 e. The Morgan fingerprint density at radius 3 is 2.88 bits per heavy atom. The molecule has 1 aliphatic heterocycles. The Bertz CT molecular complexity index is 669. The molecular weight excluding hydrogens is 336 g/mol. The third kappa shape index (κ3) is 5.04. The van der Waals surface area contributed by atoms with Gasteiger partial charge in [-0.3, -0.25) is 9.69 Å². The molecule has 1 N–H and O–H groups in total. The Morgan fingerprint density at radius 2 is 2.16 bits per heavy atom. The maximum absolute atomic E-state index is 12.4. The lowest BCUT2D eigenvalue weighted by Gasteiger charge is -2.34. The van der Waals surface area contributed by atoms with Crippen LogP contribution in [0, 0.1) is 0 Å². The van der Waals surface area contributed by atoms with E-state index in [1.54, 1.807) is 18.4 Å². The first kappa shape index (κ1) is 17.9. The molecule has 1 fully saturated rings. The first-order chi connectivity index (χ1) is 12.3. The highest BCUT2D eigenvalue weighted by atomic mass is 32.1. The van der Waals surface area contributed by atoms with Crippen molar-refractivity contribution in [1.29, 1.82) is 0 Å². The van der Waals surface area contributed by atoms with Gasteiger partial charge < -0.3 is 14.8 Å². The van der Waals surface area contributed by atoms with Crippen molar-refractivity contribution < 1.29 is 14.3 Å². The number of nitrogens with zero attached hydrogens (tertiary/aromatic N) is 1. The summed E-state index contributed by atoms with van der Waals surface area (Å²) < 4.78 is 10.7. The molecule has 1 amide bonds. The minimum Gasteiger partial charge on any atom is -0.497 e. The number of hydrogen-bond acceptors (Lipinski definition) is 5. The van der Waals surface area contributed by atoms with Gasteiger partial charge in [0.1, 0.15) is 5.75 Å². The van der Waals surface area contributed by atoms with Crippen molar-refractivity contribution in [2.75, 3.05) is 40.0 Å². The van der Waals surface area contributed by atoms with Gasteiger partial charge in [-0.1, -0.05) is 18.2 Å². The number of carbonyl (C=O) groups is 1. The number of morpholine rings is 1. The topological polar surface area (TPSA) is 50.8 Å². The second-order valence-corrected chi connectivity index (χ2v) is 6.99. The molecule has 1 aromatic carbocycles. The summed E-state index contributed by atoms with van der Waals surface area (Å²) in [4.78, 5) is 16.0. The number of rotatable bonds is 7. The average molecular weight is 360 g/mol. The Morgan fingerprint density at radius 1 is 1.32 bits per heavy atom. The van der Waals surface area contributed by atoms with Crippen LogP contribution in [-0.4, -0.2) is 50.8 Å². The van der Waals surface area contributed by atoms with E-state index >= 15 is 0 Å². The van der Waals surface area contributed by atoms with E-state index in [0.29, 0.717) is 13.0 Å². The predicted molar refractivity (Wildman–Crippen MR) is 99.2 cm³/mol. The maximum Gasteiger partial charge on any atom is 0.224 e. The molecule has 1 unspecified atom stereocenters. The van der Waals surface area contributed by atoms with Crippen LogP contribution in [-0.2, 0) is 16.0 Å². The van der Waals surface area contributed by atoms with E-state index in [1.165, 1.54) is 4.88 Å². The summed E-state index contributed by atoms with van der Waals surface area (Å²) in [5.41, 5.74) is 0.955. The smallest absolute Gasteiger partial charge is 0.224 e. The van der Waals surface area contributed by atoms with Crippen molar-refractivity contribution in [3.8, 4) is 5.75 Å². The first-order valence-corrected chi connectivity index (χ1v) is 9.39. The minimum absolute atomic E-state index is 0.0306. The Balaban J connectivity index is 1.59. The van der Waals surface area contributed by atoms with Crippen LogP contribution in [0.1, 0.15) is 16.5 Å². The lowest BCUT2D eigenvalue weighted by atomic mass is 10.1. The van der Waals surface area contributed by atoms with E-state index in [0.717, 1.165) is 37.6 Å². The highest BCUT2D eigenvalue weighted by molar-refractivity contribution is 7.10. The number of benzene rings is 1. The van der Waals surface area contributed by atoms with Gasteiger partial charge in [-0.15, -0.1) is 11.3 Å². The molecule has 0 aliphatic carbocycles. The van der Waals surface area contributed by atoms with Crippen molar-refractivity contribution in [1.82, 2.24) is 10.2 Å². The summed E-state index contributed by atoms with van der Waals surface area (Å²) in [6, 6.07) is 12.0. The van der Waals surface area contributed by atoms with Crippen LogP contribution in [0.5, 0.6) is 5.75 Å². The third-order valence-corrected chi connectivity index (χ3v) is 5.32. The summed E-state index contributed by atoms with van der Waals surface area (Å²) in [5.74, 6) is 0.804. The number of carbonyl (C=O) groups excluding carboxylic acids is 1. The van der Waals surface area contributed by atoms with Crippen LogP contribution in [0.2, 0.25) is 0 Å². The molecule has 5 nitrogen and oxygen atoms in total. The summed E-state index contributed by atoms with van der Waals surface area (Å²) in [5, 5.41) is 5.18. The predicted octanol–water partition coefficient (Wildman–Crippen LogP) is 2.49. The summed E-state index contributed by atoms with van der Waals surface area (Å²) in [6.45, 7) is 3.91. The molecule has 0 spiro atoms. The quantitative estimate of drug-likeness (QED) is 0.824. The lowest BCUT2D eigenvalue weighted by Crippen LogP contribution is -2.43. The van der Waals surface area contributed by atoms with Gasteiger partial charge in [0.2, 0.25) is 5.91 Å². The van der Waals surface area contributed by atoms with Gasteiger partial charge in [0.25, 0.3) is 0 Å². The van der Waals surface area contributed by atoms with E-state index in [1.807, 2.05) is 24.3 Å². The molecule has 2 heterocycles. The molecular formula is C19H24N2O3S. The Kier molecular flexibility index (Phi) is 6.44. The number of thiophene rings is 1. The normalized spacial score (nSPS) is 16.4. The highest BCUT2D eigenvalue weighted by Gasteiger charge is 2.23. The van der Waals surface area contributed by atoms with Crippen LogP contribution >= 0.6 is 11.3 Å². The van der Waals surface area contributed by atoms with Crippen molar-refractivity contribution in [3.63, 3.8) is 0 Å². The van der Waals surface area contributed by atoms with Crippen LogP contribution in [0.3, 0.4) is 0 Å². The van der Waals surface area contributed by atoms with Gasteiger partial charge >= 0.3 is 0 Å². The Hall–Kier alpha value is -1.89. The maximum atomic E-state index is 12.4. The molecule has 134 valence electrons. The first-order valence-electron chi connectivity index (χ1n) is 8.51. The Labute approximate surface area is 152 Å². The van der Waals surface area contributed by atoms with E-state index in [-0.39, 0.29) is 11.9 Å². The molecule has 2 aromatic rings. The SMILES string of the molecule is COc1cccc(CC(=O)NCC(c2cccs2)N2CCOCC2)c1. The summed E-state index contributed by atoms with van der Waals surface area (Å²) in [6.07, 6.45) is 0.359. The van der Waals surface area contributed by atoms with Crippen molar-refractivity contribution in [2.45, 2.75) is 12.5 Å². The molecule has 0 saturated carbocycles. The fourth-order valence-corrected chi connectivity index (χ4v) is 3.88. The monoisotopic (exact) mass is 360 g/mol.